The summed E-state index contributed by atoms with van der Waals surface area (Å²) >= 11 is 7.17. The van der Waals surface area contributed by atoms with E-state index < -0.39 is 0 Å². The van der Waals surface area contributed by atoms with E-state index in [-0.39, 0.29) is 0 Å². The van der Waals surface area contributed by atoms with Crippen molar-refractivity contribution in [1.29, 1.82) is 0 Å². The van der Waals surface area contributed by atoms with Crippen molar-refractivity contribution in [1.82, 2.24) is 15.1 Å². The molecule has 1 aliphatic carbocycles. The summed E-state index contributed by atoms with van der Waals surface area (Å²) in [6.45, 7) is 2.22. The van der Waals surface area contributed by atoms with Crippen LogP contribution < -0.4 is 5.32 Å². The van der Waals surface area contributed by atoms with Gasteiger partial charge in [0.05, 0.1) is 6.20 Å². The zero-order valence-electron chi connectivity index (χ0n) is 12.2. The molecular weight excluding hydrogens is 394 g/mol. The van der Waals surface area contributed by atoms with Crippen LogP contribution in [0.15, 0.2) is 33.3 Å². The summed E-state index contributed by atoms with van der Waals surface area (Å²) in [6.07, 6.45) is 5.56. The van der Waals surface area contributed by atoms with E-state index in [4.69, 9.17) is 0 Å². The van der Waals surface area contributed by atoms with Gasteiger partial charge in [-0.15, -0.1) is 0 Å². The molecule has 1 aliphatic rings. The van der Waals surface area contributed by atoms with Crippen LogP contribution in [0.2, 0.25) is 0 Å². The number of hydrogen-bond acceptors (Lipinski definition) is 2. The van der Waals surface area contributed by atoms with Gasteiger partial charge in [-0.1, -0.05) is 37.9 Å². The molecule has 0 spiro atoms. The van der Waals surface area contributed by atoms with Gasteiger partial charge in [0.2, 0.25) is 0 Å². The summed E-state index contributed by atoms with van der Waals surface area (Å²) in [5, 5.41) is 8.19. The minimum atomic E-state index is 0.295. The van der Waals surface area contributed by atoms with E-state index >= 15 is 0 Å². The largest absolute Gasteiger partial charge is 0.303 e. The average Bonchev–Trinajstić information content (AvgIpc) is 2.81. The lowest BCUT2D eigenvalue weighted by atomic mass is 9.92. The third kappa shape index (κ3) is 3.10. The minimum Gasteiger partial charge on any atom is -0.303 e. The lowest BCUT2D eigenvalue weighted by Crippen LogP contribution is -2.28. The quantitative estimate of drug-likeness (QED) is 0.793. The van der Waals surface area contributed by atoms with Crippen LogP contribution in [0.3, 0.4) is 0 Å². The molecule has 3 nitrogen and oxygen atoms in total. The predicted octanol–water partition coefficient (Wildman–Crippen LogP) is 4.67. The Morgan fingerprint density at radius 1 is 1.38 bits per heavy atom. The molecule has 1 heterocycles. The minimum absolute atomic E-state index is 0.295. The monoisotopic (exact) mass is 411 g/mol. The first kappa shape index (κ1) is 15.3. The number of aryl methyl sites for hydroxylation is 1. The number of rotatable bonds is 3. The molecule has 0 bridgehead atoms. The number of hydrogen-bond donors (Lipinski definition) is 1. The topological polar surface area (TPSA) is 29.9 Å². The van der Waals surface area contributed by atoms with Crippen LogP contribution in [-0.4, -0.2) is 9.78 Å². The highest BCUT2D eigenvalue weighted by atomic mass is 79.9. The normalized spacial score (nSPS) is 19.3. The third-order valence-electron chi connectivity index (χ3n) is 4.26. The molecule has 1 aromatic heterocycles. The molecular formula is C16H19Br2N3. The van der Waals surface area contributed by atoms with E-state index in [0.717, 1.165) is 15.4 Å². The number of nitrogens with one attached hydrogen (secondary N) is 1. The molecule has 112 valence electrons. The van der Waals surface area contributed by atoms with Gasteiger partial charge in [-0.25, -0.2) is 0 Å². The first-order valence-electron chi connectivity index (χ1n) is 7.28. The fraction of sp³-hybridized carbons (Fsp3) is 0.438. The molecule has 0 aliphatic heterocycles. The molecule has 5 heteroatoms. The van der Waals surface area contributed by atoms with Crippen molar-refractivity contribution in [3.05, 3.63) is 50.2 Å². The molecule has 0 fully saturated rings. The standard InChI is InChI=1S/C16H19Br2N3/c1-10(12-7-6-11(17)8-14(12)18)20-15-4-3-5-16-13(15)9-19-21(16)2/h6-10,15,20H,3-5H2,1-2H3. The summed E-state index contributed by atoms with van der Waals surface area (Å²) in [4.78, 5) is 0. The Morgan fingerprint density at radius 3 is 2.95 bits per heavy atom. The molecule has 1 aromatic carbocycles. The van der Waals surface area contributed by atoms with Crippen molar-refractivity contribution in [2.45, 2.75) is 38.3 Å². The van der Waals surface area contributed by atoms with E-state index in [1.165, 1.54) is 29.7 Å². The van der Waals surface area contributed by atoms with Crippen molar-refractivity contribution < 1.29 is 0 Å². The van der Waals surface area contributed by atoms with Crippen molar-refractivity contribution in [2.75, 3.05) is 0 Å². The first-order valence-corrected chi connectivity index (χ1v) is 8.86. The van der Waals surface area contributed by atoms with Gasteiger partial charge in [0, 0.05) is 39.3 Å². The summed E-state index contributed by atoms with van der Waals surface area (Å²) in [5.74, 6) is 0. The van der Waals surface area contributed by atoms with Gasteiger partial charge in [0.1, 0.15) is 0 Å². The maximum Gasteiger partial charge on any atom is 0.0540 e. The van der Waals surface area contributed by atoms with Gasteiger partial charge >= 0.3 is 0 Å². The number of benzene rings is 1. The average molecular weight is 413 g/mol. The van der Waals surface area contributed by atoms with Gasteiger partial charge in [0.25, 0.3) is 0 Å². The lowest BCUT2D eigenvalue weighted by molar-refractivity contribution is 0.410. The van der Waals surface area contributed by atoms with E-state index in [0.29, 0.717) is 12.1 Å². The van der Waals surface area contributed by atoms with E-state index in [9.17, 15) is 0 Å². The van der Waals surface area contributed by atoms with Crippen LogP contribution in [0.4, 0.5) is 0 Å². The molecule has 0 saturated heterocycles. The van der Waals surface area contributed by atoms with Gasteiger partial charge in [-0.05, 0) is 43.9 Å². The van der Waals surface area contributed by atoms with E-state index in [2.05, 4.69) is 67.4 Å². The second-order valence-corrected chi connectivity index (χ2v) is 7.44. The number of halogens is 2. The second-order valence-electron chi connectivity index (χ2n) is 5.67. The smallest absolute Gasteiger partial charge is 0.0540 e. The SMILES string of the molecule is CC(NC1CCCc2c1cnn2C)c1ccc(Br)cc1Br. The van der Waals surface area contributed by atoms with Crippen molar-refractivity contribution in [3.63, 3.8) is 0 Å². The summed E-state index contributed by atoms with van der Waals surface area (Å²) in [5.41, 5.74) is 4.03. The van der Waals surface area contributed by atoms with Gasteiger partial charge in [-0.2, -0.15) is 5.10 Å². The summed E-state index contributed by atoms with van der Waals surface area (Å²) in [6, 6.07) is 7.05. The Balaban J connectivity index is 1.81. The van der Waals surface area contributed by atoms with Crippen LogP contribution in [0, 0.1) is 0 Å². The van der Waals surface area contributed by atoms with Crippen LogP contribution in [0.1, 0.15) is 48.7 Å². The van der Waals surface area contributed by atoms with E-state index in [1.54, 1.807) is 0 Å². The van der Waals surface area contributed by atoms with Crippen LogP contribution in [0.25, 0.3) is 0 Å². The Morgan fingerprint density at radius 2 is 2.19 bits per heavy atom. The van der Waals surface area contributed by atoms with Crippen LogP contribution in [-0.2, 0) is 13.5 Å². The van der Waals surface area contributed by atoms with Crippen molar-refractivity contribution in [2.24, 2.45) is 7.05 Å². The van der Waals surface area contributed by atoms with Gasteiger partial charge < -0.3 is 5.32 Å². The maximum absolute atomic E-state index is 4.42. The number of aromatic nitrogens is 2. The maximum atomic E-state index is 4.42. The zero-order chi connectivity index (χ0) is 15.0. The predicted molar refractivity (Wildman–Crippen MR) is 92.3 cm³/mol. The molecule has 2 unspecified atom stereocenters. The Hall–Kier alpha value is -0.650. The first-order chi connectivity index (χ1) is 10.1. The third-order valence-corrected chi connectivity index (χ3v) is 5.44. The highest BCUT2D eigenvalue weighted by molar-refractivity contribution is 9.11. The molecule has 0 saturated carbocycles. The molecule has 0 amide bonds. The Labute approximate surface area is 142 Å². The number of fused-ring (bicyclic) bond motifs is 1. The summed E-state index contributed by atoms with van der Waals surface area (Å²) < 4.78 is 4.25. The van der Waals surface area contributed by atoms with Crippen LogP contribution >= 0.6 is 31.9 Å². The lowest BCUT2D eigenvalue weighted by Gasteiger charge is -2.28. The molecule has 1 N–H and O–H groups in total. The molecule has 3 rings (SSSR count). The zero-order valence-corrected chi connectivity index (χ0v) is 15.4. The Bertz CT molecular complexity index is 651. The van der Waals surface area contributed by atoms with Gasteiger partial charge in [0.15, 0.2) is 0 Å². The highest BCUT2D eigenvalue weighted by Crippen LogP contribution is 2.33. The molecule has 2 atom stereocenters. The number of nitrogens with zero attached hydrogens (tertiary/aromatic N) is 2. The Kier molecular flexibility index (Phi) is 4.52. The van der Waals surface area contributed by atoms with Crippen molar-refractivity contribution in [3.8, 4) is 0 Å². The fourth-order valence-corrected chi connectivity index (χ4v) is 4.51. The highest BCUT2D eigenvalue weighted by Gasteiger charge is 2.25. The fourth-order valence-electron chi connectivity index (χ4n) is 3.12. The van der Waals surface area contributed by atoms with Gasteiger partial charge in [-0.3, -0.25) is 4.68 Å². The second kappa shape index (κ2) is 6.23. The molecule has 21 heavy (non-hydrogen) atoms. The molecule has 0 radical (unpaired) electrons. The van der Waals surface area contributed by atoms with Crippen molar-refractivity contribution >= 4 is 31.9 Å². The molecule has 2 aromatic rings. The van der Waals surface area contributed by atoms with E-state index in [1.807, 2.05) is 17.9 Å². The summed E-state index contributed by atoms with van der Waals surface area (Å²) in [7, 11) is 2.04. The van der Waals surface area contributed by atoms with Crippen LogP contribution in [0.5, 0.6) is 0 Å².